The van der Waals surface area contributed by atoms with Gasteiger partial charge in [-0.15, -0.1) is 0 Å². The summed E-state index contributed by atoms with van der Waals surface area (Å²) in [5.74, 6) is 1.62. The zero-order chi connectivity index (χ0) is 21.5. The average Bonchev–Trinajstić information content (AvgIpc) is 3.15. The highest BCUT2D eigenvalue weighted by Crippen LogP contribution is 2.23. The summed E-state index contributed by atoms with van der Waals surface area (Å²) in [5, 5.41) is 12.3. The third-order valence-corrected chi connectivity index (χ3v) is 5.08. The summed E-state index contributed by atoms with van der Waals surface area (Å²) in [6.07, 6.45) is 4.85. The van der Waals surface area contributed by atoms with Crippen molar-refractivity contribution in [2.24, 2.45) is 0 Å². The minimum atomic E-state index is 0.0175. The number of benzene rings is 1. The Hall–Kier alpha value is -2.81. The molecule has 0 saturated heterocycles. The van der Waals surface area contributed by atoms with Crippen LogP contribution in [0.25, 0.3) is 11.0 Å². The molecule has 1 amide bonds. The maximum absolute atomic E-state index is 12.2. The number of fused-ring (bicyclic) bond motifs is 1. The van der Waals surface area contributed by atoms with Crippen molar-refractivity contribution in [2.45, 2.75) is 44.4 Å². The van der Waals surface area contributed by atoms with Crippen LogP contribution in [0, 0.1) is 0 Å². The van der Waals surface area contributed by atoms with Crippen LogP contribution in [0.2, 0.25) is 0 Å². The van der Waals surface area contributed by atoms with Gasteiger partial charge in [0.1, 0.15) is 11.6 Å². The predicted octanol–water partition coefficient (Wildman–Crippen LogP) is 3.13. The van der Waals surface area contributed by atoms with Gasteiger partial charge < -0.3 is 15.4 Å². The molecule has 0 radical (unpaired) electrons. The van der Waals surface area contributed by atoms with Crippen molar-refractivity contribution < 1.29 is 9.53 Å². The molecule has 2 heterocycles. The van der Waals surface area contributed by atoms with Crippen molar-refractivity contribution >= 4 is 34.5 Å². The first kappa shape index (κ1) is 21.9. The number of carbonyl (C=O) groups is 1. The van der Waals surface area contributed by atoms with Gasteiger partial charge in [-0.25, -0.2) is 14.6 Å². The van der Waals surface area contributed by atoms with Gasteiger partial charge >= 0.3 is 0 Å². The molecule has 0 aliphatic carbocycles. The van der Waals surface area contributed by atoms with E-state index in [2.05, 4.69) is 39.5 Å². The lowest BCUT2D eigenvalue weighted by Gasteiger charge is -2.11. The molecule has 1 aromatic carbocycles. The van der Waals surface area contributed by atoms with Gasteiger partial charge in [-0.05, 0) is 44.2 Å². The van der Waals surface area contributed by atoms with E-state index in [9.17, 15) is 4.79 Å². The molecule has 2 aromatic heterocycles. The molecule has 0 bridgehead atoms. The van der Waals surface area contributed by atoms with E-state index < -0.39 is 0 Å². The predicted molar refractivity (Wildman–Crippen MR) is 120 cm³/mol. The van der Waals surface area contributed by atoms with Gasteiger partial charge in [0.2, 0.25) is 5.91 Å². The third kappa shape index (κ3) is 5.63. The lowest BCUT2D eigenvalue weighted by molar-refractivity contribution is -0.121. The van der Waals surface area contributed by atoms with Crippen molar-refractivity contribution in [3.05, 3.63) is 36.0 Å². The Bertz CT molecular complexity index is 987. The Morgan fingerprint density at radius 2 is 2.00 bits per heavy atom. The average molecular weight is 429 g/mol. The number of thioether (sulfide) groups is 1. The number of rotatable bonds is 10. The van der Waals surface area contributed by atoms with E-state index in [1.54, 1.807) is 13.3 Å². The molecule has 0 spiro atoms. The number of amides is 1. The van der Waals surface area contributed by atoms with Gasteiger partial charge in [0.05, 0.1) is 25.2 Å². The fourth-order valence-corrected chi connectivity index (χ4v) is 3.37. The smallest absolute Gasteiger partial charge is 0.220 e. The number of aromatic nitrogens is 4. The summed E-state index contributed by atoms with van der Waals surface area (Å²) in [6, 6.07) is 8.03. The number of anilines is 1. The first-order valence-electron chi connectivity index (χ1n) is 9.94. The first-order chi connectivity index (χ1) is 14.5. The number of nitrogens with zero attached hydrogens (tertiary/aromatic N) is 4. The normalized spacial score (nSPS) is 11.1. The summed E-state index contributed by atoms with van der Waals surface area (Å²) in [4.78, 5) is 21.4. The molecule has 2 N–H and O–H groups in total. The van der Waals surface area contributed by atoms with Crippen molar-refractivity contribution in [1.82, 2.24) is 25.1 Å². The zero-order valence-electron chi connectivity index (χ0n) is 17.8. The van der Waals surface area contributed by atoms with Crippen molar-refractivity contribution in [3.8, 4) is 5.75 Å². The molecular weight excluding hydrogens is 400 g/mol. The summed E-state index contributed by atoms with van der Waals surface area (Å²) >= 11 is 1.49. The molecule has 160 valence electrons. The summed E-state index contributed by atoms with van der Waals surface area (Å²) in [5.41, 5.74) is 1.88. The summed E-state index contributed by atoms with van der Waals surface area (Å²) in [7, 11) is 1.64. The van der Waals surface area contributed by atoms with E-state index in [-0.39, 0.29) is 11.9 Å². The van der Waals surface area contributed by atoms with Crippen LogP contribution in [-0.4, -0.2) is 51.6 Å². The van der Waals surface area contributed by atoms with Gasteiger partial charge in [0.25, 0.3) is 0 Å². The molecule has 30 heavy (non-hydrogen) atoms. The molecule has 0 saturated carbocycles. The van der Waals surface area contributed by atoms with E-state index in [1.165, 1.54) is 11.8 Å². The molecule has 9 heteroatoms. The van der Waals surface area contributed by atoms with Crippen LogP contribution in [0.5, 0.6) is 5.75 Å². The van der Waals surface area contributed by atoms with Crippen LogP contribution < -0.4 is 15.4 Å². The number of aryl methyl sites for hydroxylation is 1. The van der Waals surface area contributed by atoms with Crippen LogP contribution in [0.4, 0.5) is 5.82 Å². The number of ether oxygens (including phenoxy) is 1. The molecule has 0 atom stereocenters. The SMILES string of the molecule is COc1ccc(CCC(=O)NCCn2ncc3c(NC(C)C)nc(SC)nc32)cc1. The Balaban J connectivity index is 1.56. The van der Waals surface area contributed by atoms with E-state index >= 15 is 0 Å². The molecule has 3 aromatic rings. The zero-order valence-corrected chi connectivity index (χ0v) is 18.6. The fraction of sp³-hybridized carbons (Fsp3) is 0.429. The largest absolute Gasteiger partial charge is 0.497 e. The Morgan fingerprint density at radius 1 is 1.23 bits per heavy atom. The lowest BCUT2D eigenvalue weighted by Crippen LogP contribution is -2.27. The topological polar surface area (TPSA) is 94.0 Å². The van der Waals surface area contributed by atoms with Gasteiger partial charge in [-0.1, -0.05) is 23.9 Å². The maximum Gasteiger partial charge on any atom is 0.220 e. The Morgan fingerprint density at radius 3 is 2.67 bits per heavy atom. The number of hydrogen-bond acceptors (Lipinski definition) is 7. The van der Waals surface area contributed by atoms with E-state index in [0.29, 0.717) is 31.1 Å². The van der Waals surface area contributed by atoms with Gasteiger partial charge in [0.15, 0.2) is 10.8 Å². The van der Waals surface area contributed by atoms with Crippen molar-refractivity contribution in [2.75, 3.05) is 25.2 Å². The van der Waals surface area contributed by atoms with E-state index in [0.717, 1.165) is 28.2 Å². The maximum atomic E-state index is 12.2. The van der Waals surface area contributed by atoms with Crippen molar-refractivity contribution in [3.63, 3.8) is 0 Å². The molecule has 8 nitrogen and oxygen atoms in total. The number of nitrogens with one attached hydrogen (secondary N) is 2. The monoisotopic (exact) mass is 428 g/mol. The summed E-state index contributed by atoms with van der Waals surface area (Å²) < 4.78 is 6.96. The highest BCUT2D eigenvalue weighted by Gasteiger charge is 2.13. The van der Waals surface area contributed by atoms with Gasteiger partial charge in [0, 0.05) is 19.0 Å². The molecule has 3 rings (SSSR count). The van der Waals surface area contributed by atoms with Crippen LogP contribution in [0.3, 0.4) is 0 Å². The van der Waals surface area contributed by atoms with Crippen LogP contribution in [-0.2, 0) is 17.8 Å². The van der Waals surface area contributed by atoms with Crippen LogP contribution >= 0.6 is 11.8 Å². The van der Waals surface area contributed by atoms with Gasteiger partial charge in [-0.2, -0.15) is 5.10 Å². The fourth-order valence-electron chi connectivity index (χ4n) is 3.01. The van der Waals surface area contributed by atoms with Crippen molar-refractivity contribution in [1.29, 1.82) is 0 Å². The lowest BCUT2D eigenvalue weighted by atomic mass is 10.1. The molecule has 0 unspecified atom stereocenters. The second-order valence-corrected chi connectivity index (χ2v) is 7.93. The second kappa shape index (κ2) is 10.3. The number of methoxy groups -OCH3 is 1. The Kier molecular flexibility index (Phi) is 7.51. The molecule has 0 aliphatic rings. The van der Waals surface area contributed by atoms with E-state index in [1.807, 2.05) is 35.2 Å². The minimum absolute atomic E-state index is 0.0175. The Labute approximate surface area is 180 Å². The second-order valence-electron chi connectivity index (χ2n) is 7.16. The van der Waals surface area contributed by atoms with Gasteiger partial charge in [-0.3, -0.25) is 4.79 Å². The third-order valence-electron chi connectivity index (χ3n) is 4.53. The molecule has 0 fully saturated rings. The highest BCUT2D eigenvalue weighted by atomic mass is 32.2. The quantitative estimate of drug-likeness (QED) is 0.378. The molecular formula is C21H28N6O2S. The van der Waals surface area contributed by atoms with Crippen LogP contribution in [0.15, 0.2) is 35.6 Å². The number of hydrogen-bond donors (Lipinski definition) is 2. The van der Waals surface area contributed by atoms with Crippen LogP contribution in [0.1, 0.15) is 25.8 Å². The molecule has 0 aliphatic heterocycles. The summed E-state index contributed by atoms with van der Waals surface area (Å²) in [6.45, 7) is 5.17. The number of carbonyl (C=O) groups excluding carboxylic acids is 1. The first-order valence-corrected chi connectivity index (χ1v) is 11.2. The van der Waals surface area contributed by atoms with E-state index in [4.69, 9.17) is 4.74 Å². The minimum Gasteiger partial charge on any atom is -0.497 e. The standard InChI is InChI=1S/C21H28N6O2S/c1-14(2)24-19-17-13-23-27(20(17)26-21(25-19)30-4)12-11-22-18(28)10-7-15-5-8-16(29-3)9-6-15/h5-6,8-9,13-14H,7,10-12H2,1-4H3,(H,22,28)(H,24,25,26). The highest BCUT2D eigenvalue weighted by molar-refractivity contribution is 7.98.